The van der Waals surface area contributed by atoms with E-state index in [4.69, 9.17) is 9.47 Å². The molecule has 3 aromatic carbocycles. The molecule has 5 rings (SSSR count). The van der Waals surface area contributed by atoms with E-state index in [-0.39, 0.29) is 12.5 Å². The predicted octanol–water partition coefficient (Wildman–Crippen LogP) is 4.91. The third kappa shape index (κ3) is 5.05. The van der Waals surface area contributed by atoms with Crippen LogP contribution in [0.25, 0.3) is 16.9 Å². The first-order valence-electron chi connectivity index (χ1n) is 10.8. The van der Waals surface area contributed by atoms with Gasteiger partial charge in [-0.1, -0.05) is 36.4 Å². The van der Waals surface area contributed by atoms with Crippen LogP contribution in [0.1, 0.15) is 5.56 Å². The number of carbonyl (C=O) groups excluding carboxylic acids is 1. The van der Waals surface area contributed by atoms with Crippen molar-refractivity contribution in [2.24, 2.45) is 0 Å². The largest absolute Gasteiger partial charge is 0.484 e. The standard InChI is InChI=1S/C27H22N4O3/c32-27(18-33-21-11-13-23(14-12-21)34-22-6-2-1-3-7-22)29-17-20-10-15-26(28-16-20)31-19-30-24-8-4-5-9-25(24)31/h1-16,19H,17-18H2,(H,29,32). The fourth-order valence-electron chi connectivity index (χ4n) is 3.43. The summed E-state index contributed by atoms with van der Waals surface area (Å²) in [5.41, 5.74) is 2.80. The van der Waals surface area contributed by atoms with E-state index in [1.807, 2.05) is 71.3 Å². The molecule has 0 radical (unpaired) electrons. The Morgan fingerprint density at radius 2 is 1.53 bits per heavy atom. The first kappa shape index (κ1) is 21.2. The number of carbonyl (C=O) groups is 1. The Morgan fingerprint density at radius 3 is 2.32 bits per heavy atom. The molecule has 5 aromatic rings. The van der Waals surface area contributed by atoms with Gasteiger partial charge in [0.2, 0.25) is 0 Å². The minimum absolute atomic E-state index is 0.0779. The molecule has 7 nitrogen and oxygen atoms in total. The molecule has 0 saturated carbocycles. The number of nitrogens with zero attached hydrogens (tertiary/aromatic N) is 3. The zero-order valence-corrected chi connectivity index (χ0v) is 18.3. The monoisotopic (exact) mass is 450 g/mol. The number of aromatic nitrogens is 3. The van der Waals surface area contributed by atoms with E-state index < -0.39 is 0 Å². The van der Waals surface area contributed by atoms with Gasteiger partial charge >= 0.3 is 0 Å². The van der Waals surface area contributed by atoms with Crippen LogP contribution in [0.3, 0.4) is 0 Å². The molecule has 0 fully saturated rings. The van der Waals surface area contributed by atoms with Crippen molar-refractivity contribution in [3.8, 4) is 23.1 Å². The summed E-state index contributed by atoms with van der Waals surface area (Å²) >= 11 is 0. The summed E-state index contributed by atoms with van der Waals surface area (Å²) in [4.78, 5) is 21.1. The normalized spacial score (nSPS) is 10.7. The van der Waals surface area contributed by atoms with Gasteiger partial charge in [-0.2, -0.15) is 0 Å². The first-order valence-corrected chi connectivity index (χ1v) is 10.8. The van der Waals surface area contributed by atoms with Crippen LogP contribution in [0.15, 0.2) is 104 Å². The molecule has 0 aliphatic rings. The van der Waals surface area contributed by atoms with E-state index in [1.54, 1.807) is 36.8 Å². The van der Waals surface area contributed by atoms with Crippen molar-refractivity contribution in [1.82, 2.24) is 19.9 Å². The second-order valence-electron chi connectivity index (χ2n) is 7.58. The van der Waals surface area contributed by atoms with E-state index in [2.05, 4.69) is 15.3 Å². The van der Waals surface area contributed by atoms with Crippen LogP contribution in [0.2, 0.25) is 0 Å². The van der Waals surface area contributed by atoms with Crippen molar-refractivity contribution in [2.75, 3.05) is 6.61 Å². The smallest absolute Gasteiger partial charge is 0.258 e. The van der Waals surface area contributed by atoms with Gasteiger partial charge in [0.25, 0.3) is 5.91 Å². The lowest BCUT2D eigenvalue weighted by Crippen LogP contribution is -2.28. The average molecular weight is 450 g/mol. The molecule has 0 bridgehead atoms. The topological polar surface area (TPSA) is 78.3 Å². The van der Waals surface area contributed by atoms with E-state index in [0.29, 0.717) is 18.0 Å². The quantitative estimate of drug-likeness (QED) is 0.364. The number of hydrogen-bond donors (Lipinski definition) is 1. The van der Waals surface area contributed by atoms with Gasteiger partial charge in [0.1, 0.15) is 29.4 Å². The summed E-state index contributed by atoms with van der Waals surface area (Å²) < 4.78 is 13.3. The third-order valence-electron chi connectivity index (χ3n) is 5.17. The van der Waals surface area contributed by atoms with Crippen LogP contribution in [0, 0.1) is 0 Å². The van der Waals surface area contributed by atoms with Crippen molar-refractivity contribution < 1.29 is 14.3 Å². The Kier molecular flexibility index (Phi) is 6.16. The number of hydrogen-bond acceptors (Lipinski definition) is 5. The summed E-state index contributed by atoms with van der Waals surface area (Å²) in [7, 11) is 0. The van der Waals surface area contributed by atoms with Crippen molar-refractivity contribution in [2.45, 2.75) is 6.54 Å². The SMILES string of the molecule is O=C(COc1ccc(Oc2ccccc2)cc1)NCc1ccc(-n2cnc3ccccc32)nc1. The van der Waals surface area contributed by atoms with Crippen molar-refractivity contribution in [3.63, 3.8) is 0 Å². The van der Waals surface area contributed by atoms with Crippen LogP contribution in [-0.2, 0) is 11.3 Å². The highest BCUT2D eigenvalue weighted by atomic mass is 16.5. The zero-order valence-electron chi connectivity index (χ0n) is 18.3. The van der Waals surface area contributed by atoms with Gasteiger partial charge in [0, 0.05) is 12.7 Å². The van der Waals surface area contributed by atoms with E-state index in [9.17, 15) is 4.79 Å². The van der Waals surface area contributed by atoms with Crippen molar-refractivity contribution >= 4 is 16.9 Å². The summed E-state index contributed by atoms with van der Waals surface area (Å²) in [6, 6.07) is 28.4. The number of amides is 1. The highest BCUT2D eigenvalue weighted by Crippen LogP contribution is 2.23. The molecule has 0 unspecified atom stereocenters. The predicted molar refractivity (Wildman–Crippen MR) is 129 cm³/mol. The number of pyridine rings is 1. The average Bonchev–Trinajstić information content (AvgIpc) is 3.32. The van der Waals surface area contributed by atoms with E-state index >= 15 is 0 Å². The molecular weight excluding hydrogens is 428 g/mol. The fraction of sp³-hybridized carbons (Fsp3) is 0.0741. The van der Waals surface area contributed by atoms with Gasteiger partial charge in [-0.3, -0.25) is 9.36 Å². The van der Waals surface area contributed by atoms with Crippen molar-refractivity contribution in [3.05, 3.63) is 109 Å². The van der Waals surface area contributed by atoms with Crippen LogP contribution in [-0.4, -0.2) is 27.0 Å². The maximum absolute atomic E-state index is 12.2. The number of rotatable bonds is 8. The summed E-state index contributed by atoms with van der Waals surface area (Å²) in [5.74, 6) is 2.61. The molecule has 2 heterocycles. The minimum Gasteiger partial charge on any atom is -0.484 e. The number of para-hydroxylation sites is 3. The van der Waals surface area contributed by atoms with Crippen molar-refractivity contribution in [1.29, 1.82) is 0 Å². The molecule has 0 spiro atoms. The second-order valence-corrected chi connectivity index (χ2v) is 7.58. The Morgan fingerprint density at radius 1 is 0.794 bits per heavy atom. The lowest BCUT2D eigenvalue weighted by atomic mass is 10.2. The second kappa shape index (κ2) is 9.87. The zero-order chi connectivity index (χ0) is 23.2. The molecule has 0 aliphatic heterocycles. The van der Waals surface area contributed by atoms with E-state index in [0.717, 1.165) is 28.2 Å². The molecule has 34 heavy (non-hydrogen) atoms. The Hall–Kier alpha value is -4.65. The highest BCUT2D eigenvalue weighted by Gasteiger charge is 2.07. The highest BCUT2D eigenvalue weighted by molar-refractivity contribution is 5.77. The maximum atomic E-state index is 12.2. The number of fused-ring (bicyclic) bond motifs is 1. The molecule has 0 atom stereocenters. The van der Waals surface area contributed by atoms with Crippen LogP contribution < -0.4 is 14.8 Å². The molecule has 2 aromatic heterocycles. The molecular formula is C27H22N4O3. The Balaban J connectivity index is 1.10. The number of benzene rings is 3. The van der Waals surface area contributed by atoms with E-state index in [1.165, 1.54) is 0 Å². The van der Waals surface area contributed by atoms with Crippen LogP contribution in [0.4, 0.5) is 0 Å². The molecule has 1 amide bonds. The molecule has 168 valence electrons. The lowest BCUT2D eigenvalue weighted by Gasteiger charge is -2.09. The maximum Gasteiger partial charge on any atom is 0.258 e. The molecule has 0 aliphatic carbocycles. The number of nitrogens with one attached hydrogen (secondary N) is 1. The van der Waals surface area contributed by atoms with Gasteiger partial charge in [-0.05, 0) is 60.2 Å². The summed E-state index contributed by atoms with van der Waals surface area (Å²) in [6.45, 7) is 0.287. The fourth-order valence-corrected chi connectivity index (χ4v) is 3.43. The van der Waals surface area contributed by atoms with Gasteiger partial charge in [-0.15, -0.1) is 0 Å². The first-order chi connectivity index (χ1) is 16.7. The van der Waals surface area contributed by atoms with Gasteiger partial charge in [0.05, 0.1) is 11.0 Å². The lowest BCUT2D eigenvalue weighted by molar-refractivity contribution is -0.123. The van der Waals surface area contributed by atoms with Gasteiger partial charge in [-0.25, -0.2) is 9.97 Å². The van der Waals surface area contributed by atoms with Crippen LogP contribution in [0.5, 0.6) is 17.2 Å². The number of ether oxygens (including phenoxy) is 2. The third-order valence-corrected chi connectivity index (χ3v) is 5.17. The summed E-state index contributed by atoms with van der Waals surface area (Å²) in [5, 5.41) is 2.85. The molecule has 1 N–H and O–H groups in total. The summed E-state index contributed by atoms with van der Waals surface area (Å²) in [6.07, 6.45) is 3.50. The Labute approximate surface area is 196 Å². The van der Waals surface area contributed by atoms with Gasteiger partial charge < -0.3 is 14.8 Å². The number of imidazole rings is 1. The molecule has 7 heteroatoms. The minimum atomic E-state index is -0.214. The Bertz CT molecular complexity index is 1380. The molecule has 0 saturated heterocycles. The van der Waals surface area contributed by atoms with Gasteiger partial charge in [0.15, 0.2) is 6.61 Å². The van der Waals surface area contributed by atoms with Crippen LogP contribution >= 0.6 is 0 Å².